The zero-order chi connectivity index (χ0) is 23.5. The van der Waals surface area contributed by atoms with E-state index in [1.165, 1.54) is 11.8 Å². The second-order valence-corrected chi connectivity index (χ2v) is 7.84. The van der Waals surface area contributed by atoms with E-state index in [-0.39, 0.29) is 0 Å². The van der Waals surface area contributed by atoms with E-state index in [4.69, 9.17) is 9.47 Å². The van der Waals surface area contributed by atoms with Crippen LogP contribution >= 0.6 is 11.8 Å². The minimum absolute atomic E-state index is 0.294. The second-order valence-electron chi connectivity index (χ2n) is 6.87. The number of methoxy groups -OCH3 is 1. The monoisotopic (exact) mass is 460 g/mol. The summed E-state index contributed by atoms with van der Waals surface area (Å²) in [5.74, 6) is 1.57. The largest absolute Gasteiger partial charge is 0.490 e. The first kappa shape index (κ1) is 24.0. The quantitative estimate of drug-likeness (QED) is 0.328. The maximum Gasteiger partial charge on any atom is 0.146 e. The number of hydrogen-bond acceptors (Lipinski definition) is 9. The smallest absolute Gasteiger partial charge is 0.146 e. The molecule has 8 nitrogen and oxygen atoms in total. The standard InChI is InChI=1S/C24H24N6O2S/c1-3-9-28-23-19(13-25)22(21-8-7-18(15-29-21)32-12-11-31-2)20(14-26)24(30-23)33-16-17-6-4-5-10-27-17/h4-8,10,15H,3,9,11-12,16H2,1-2H3,(H,28,30). The number of hydrogen-bond donors (Lipinski definition) is 1. The predicted octanol–water partition coefficient (Wildman–Crippen LogP) is 4.42. The van der Waals surface area contributed by atoms with Crippen molar-refractivity contribution in [2.45, 2.75) is 24.1 Å². The molecule has 0 aliphatic heterocycles. The average molecular weight is 461 g/mol. The fourth-order valence-corrected chi connectivity index (χ4v) is 3.89. The summed E-state index contributed by atoms with van der Waals surface area (Å²) in [6.07, 6.45) is 4.17. The highest BCUT2D eigenvalue weighted by Crippen LogP contribution is 2.37. The van der Waals surface area contributed by atoms with Crippen molar-refractivity contribution in [2.24, 2.45) is 0 Å². The van der Waals surface area contributed by atoms with Gasteiger partial charge in [0.05, 0.1) is 29.8 Å². The fraction of sp³-hybridized carbons (Fsp3) is 0.292. The van der Waals surface area contributed by atoms with Gasteiger partial charge in [-0.1, -0.05) is 24.8 Å². The maximum absolute atomic E-state index is 10.0. The van der Waals surface area contributed by atoms with Gasteiger partial charge in [-0.05, 0) is 30.7 Å². The molecule has 0 bridgehead atoms. The first-order valence-electron chi connectivity index (χ1n) is 10.4. The molecule has 0 fully saturated rings. The van der Waals surface area contributed by atoms with Crippen molar-refractivity contribution in [3.8, 4) is 29.1 Å². The van der Waals surface area contributed by atoms with Gasteiger partial charge in [0.25, 0.3) is 0 Å². The molecule has 0 radical (unpaired) electrons. The zero-order valence-corrected chi connectivity index (χ0v) is 19.4. The minimum Gasteiger partial charge on any atom is -0.490 e. The van der Waals surface area contributed by atoms with Gasteiger partial charge in [0, 0.05) is 31.2 Å². The van der Waals surface area contributed by atoms with Crippen LogP contribution in [0.4, 0.5) is 5.82 Å². The number of nitriles is 2. The lowest BCUT2D eigenvalue weighted by Crippen LogP contribution is -2.09. The van der Waals surface area contributed by atoms with Crippen LogP contribution < -0.4 is 10.1 Å². The summed E-state index contributed by atoms with van der Waals surface area (Å²) in [5, 5.41) is 23.7. The highest BCUT2D eigenvalue weighted by atomic mass is 32.2. The Kier molecular flexibility index (Phi) is 9.01. The van der Waals surface area contributed by atoms with E-state index in [1.807, 2.05) is 25.1 Å². The minimum atomic E-state index is 0.294. The van der Waals surface area contributed by atoms with Crippen molar-refractivity contribution >= 4 is 17.6 Å². The van der Waals surface area contributed by atoms with Crippen LogP contribution in [0.5, 0.6) is 5.75 Å². The van der Waals surface area contributed by atoms with Crippen molar-refractivity contribution < 1.29 is 9.47 Å². The second kappa shape index (κ2) is 12.4. The normalized spacial score (nSPS) is 10.3. The molecule has 3 rings (SSSR count). The lowest BCUT2D eigenvalue weighted by molar-refractivity contribution is 0.146. The van der Waals surface area contributed by atoms with E-state index in [9.17, 15) is 10.5 Å². The molecule has 0 unspecified atom stereocenters. The van der Waals surface area contributed by atoms with Crippen LogP contribution in [0.25, 0.3) is 11.3 Å². The van der Waals surface area contributed by atoms with Crippen LogP contribution in [-0.4, -0.2) is 41.8 Å². The molecule has 0 spiro atoms. The van der Waals surface area contributed by atoms with E-state index >= 15 is 0 Å². The summed E-state index contributed by atoms with van der Waals surface area (Å²) in [5.41, 5.74) is 2.44. The Hall–Kier alpha value is -3.66. The Bertz CT molecular complexity index is 1140. The number of rotatable bonds is 11. The van der Waals surface area contributed by atoms with Crippen LogP contribution in [0.3, 0.4) is 0 Å². The third kappa shape index (κ3) is 6.19. The van der Waals surface area contributed by atoms with Crippen LogP contribution in [0.15, 0.2) is 47.8 Å². The molecule has 0 amide bonds. The predicted molar refractivity (Wildman–Crippen MR) is 127 cm³/mol. The molecule has 0 saturated heterocycles. The number of anilines is 1. The van der Waals surface area contributed by atoms with Gasteiger partial charge in [0.2, 0.25) is 0 Å². The van der Waals surface area contributed by atoms with E-state index in [1.54, 1.807) is 31.6 Å². The van der Waals surface area contributed by atoms with Crippen LogP contribution in [0, 0.1) is 22.7 Å². The summed E-state index contributed by atoms with van der Waals surface area (Å²) < 4.78 is 10.6. The number of ether oxygens (including phenoxy) is 2. The molecule has 0 atom stereocenters. The number of pyridine rings is 3. The van der Waals surface area contributed by atoms with Gasteiger partial charge in [-0.15, -0.1) is 0 Å². The maximum atomic E-state index is 10.0. The van der Waals surface area contributed by atoms with Crippen LogP contribution in [0.2, 0.25) is 0 Å². The summed E-state index contributed by atoms with van der Waals surface area (Å²) in [6.45, 7) is 3.55. The molecule has 3 aromatic heterocycles. The Morgan fingerprint density at radius 2 is 1.91 bits per heavy atom. The molecular formula is C24H24N6O2S. The van der Waals surface area contributed by atoms with Crippen molar-refractivity contribution in [1.29, 1.82) is 10.5 Å². The highest BCUT2D eigenvalue weighted by molar-refractivity contribution is 7.98. The topological polar surface area (TPSA) is 117 Å². The van der Waals surface area contributed by atoms with Crippen LogP contribution in [0.1, 0.15) is 30.2 Å². The van der Waals surface area contributed by atoms with Gasteiger partial charge in [-0.3, -0.25) is 9.97 Å². The number of aromatic nitrogens is 3. The molecule has 3 heterocycles. The summed E-state index contributed by atoms with van der Waals surface area (Å²) in [6, 6.07) is 13.7. The van der Waals surface area contributed by atoms with Gasteiger partial charge >= 0.3 is 0 Å². The molecule has 168 valence electrons. The van der Waals surface area contributed by atoms with E-state index in [0.717, 1.165) is 12.1 Å². The molecule has 33 heavy (non-hydrogen) atoms. The van der Waals surface area contributed by atoms with Gasteiger partial charge in [0.1, 0.15) is 40.9 Å². The molecule has 9 heteroatoms. The van der Waals surface area contributed by atoms with Gasteiger partial charge in [0.15, 0.2) is 0 Å². The fourth-order valence-electron chi connectivity index (χ4n) is 2.99. The lowest BCUT2D eigenvalue weighted by Gasteiger charge is -2.15. The third-order valence-electron chi connectivity index (χ3n) is 4.56. The first-order chi connectivity index (χ1) is 16.2. The Morgan fingerprint density at radius 3 is 2.55 bits per heavy atom. The van der Waals surface area contributed by atoms with E-state index < -0.39 is 0 Å². The number of nitrogens with zero attached hydrogens (tertiary/aromatic N) is 5. The lowest BCUT2D eigenvalue weighted by atomic mass is 10.0. The SMILES string of the molecule is CCCNc1nc(SCc2ccccn2)c(C#N)c(-c2ccc(OCCOC)cn2)c1C#N. The Labute approximate surface area is 197 Å². The van der Waals surface area contributed by atoms with Crippen LogP contribution in [-0.2, 0) is 10.5 Å². The van der Waals surface area contributed by atoms with Crippen molar-refractivity contribution in [3.63, 3.8) is 0 Å². The van der Waals surface area contributed by atoms with Gasteiger partial charge < -0.3 is 14.8 Å². The first-order valence-corrected chi connectivity index (χ1v) is 11.4. The summed E-state index contributed by atoms with van der Waals surface area (Å²) in [7, 11) is 1.61. The third-order valence-corrected chi connectivity index (χ3v) is 5.57. The van der Waals surface area contributed by atoms with Gasteiger partial charge in [-0.2, -0.15) is 10.5 Å². The molecule has 0 aliphatic rings. The zero-order valence-electron chi connectivity index (χ0n) is 18.5. The molecule has 0 aromatic carbocycles. The summed E-state index contributed by atoms with van der Waals surface area (Å²) in [4.78, 5) is 13.5. The van der Waals surface area contributed by atoms with Crippen molar-refractivity contribution in [3.05, 3.63) is 59.5 Å². The summed E-state index contributed by atoms with van der Waals surface area (Å²) >= 11 is 1.41. The molecule has 1 N–H and O–H groups in total. The number of nitrogens with one attached hydrogen (secondary N) is 1. The highest BCUT2D eigenvalue weighted by Gasteiger charge is 2.22. The Morgan fingerprint density at radius 1 is 1.06 bits per heavy atom. The van der Waals surface area contributed by atoms with Crippen molar-refractivity contribution in [2.75, 3.05) is 32.2 Å². The molecule has 0 aliphatic carbocycles. The number of thioether (sulfide) groups is 1. The molecular weight excluding hydrogens is 436 g/mol. The molecule has 3 aromatic rings. The average Bonchev–Trinajstić information content (AvgIpc) is 2.86. The Balaban J connectivity index is 2.04. The van der Waals surface area contributed by atoms with Gasteiger partial charge in [-0.25, -0.2) is 4.98 Å². The van der Waals surface area contributed by atoms with E-state index in [0.29, 0.717) is 64.5 Å². The molecule has 0 saturated carbocycles. The van der Waals surface area contributed by atoms with E-state index in [2.05, 4.69) is 32.4 Å². The van der Waals surface area contributed by atoms with Crippen molar-refractivity contribution in [1.82, 2.24) is 15.0 Å².